The van der Waals surface area contributed by atoms with Crippen molar-refractivity contribution >= 4 is 17.7 Å². The first-order chi connectivity index (χ1) is 7.75. The van der Waals surface area contributed by atoms with Crippen molar-refractivity contribution in [3.63, 3.8) is 0 Å². The highest BCUT2D eigenvalue weighted by molar-refractivity contribution is 7.98. The van der Waals surface area contributed by atoms with E-state index in [2.05, 4.69) is 5.32 Å². The van der Waals surface area contributed by atoms with E-state index >= 15 is 0 Å². The van der Waals surface area contributed by atoms with Gasteiger partial charge in [-0.25, -0.2) is 0 Å². The second kappa shape index (κ2) is 5.41. The molecule has 0 spiro atoms. The molecular formula is C11H15NO3S. The molecule has 88 valence electrons. The van der Waals surface area contributed by atoms with Gasteiger partial charge in [-0.3, -0.25) is 4.79 Å². The van der Waals surface area contributed by atoms with E-state index in [4.69, 9.17) is 9.52 Å². The van der Waals surface area contributed by atoms with Crippen LogP contribution in [0, 0.1) is 0 Å². The van der Waals surface area contributed by atoms with Gasteiger partial charge in [0.05, 0.1) is 12.0 Å². The Balaban J connectivity index is 1.70. The largest absolute Gasteiger partial charge is 0.480 e. The lowest BCUT2D eigenvalue weighted by Crippen LogP contribution is -2.40. The first kappa shape index (κ1) is 11.5. The van der Waals surface area contributed by atoms with E-state index in [1.807, 2.05) is 12.1 Å². The minimum absolute atomic E-state index is 0.422. The first-order valence-corrected chi connectivity index (χ1v) is 6.50. The molecule has 0 bridgehead atoms. The van der Waals surface area contributed by atoms with E-state index in [0.29, 0.717) is 11.8 Å². The number of nitrogens with one attached hydrogen (secondary N) is 1. The van der Waals surface area contributed by atoms with E-state index in [0.717, 1.165) is 24.4 Å². The summed E-state index contributed by atoms with van der Waals surface area (Å²) in [5.74, 6) is 1.43. The average Bonchev–Trinajstić information content (AvgIpc) is 2.91. The van der Waals surface area contributed by atoms with Crippen molar-refractivity contribution in [2.75, 3.05) is 5.75 Å². The molecule has 4 nitrogen and oxygen atoms in total. The molecule has 1 aromatic heterocycles. The third-order valence-corrected chi connectivity index (χ3v) is 3.48. The highest BCUT2D eigenvalue weighted by atomic mass is 32.2. The van der Waals surface area contributed by atoms with Gasteiger partial charge in [0, 0.05) is 11.8 Å². The van der Waals surface area contributed by atoms with Crippen LogP contribution < -0.4 is 5.32 Å². The molecule has 16 heavy (non-hydrogen) atoms. The van der Waals surface area contributed by atoms with E-state index in [9.17, 15) is 4.79 Å². The Bertz CT molecular complexity index is 335. The third-order valence-electron chi connectivity index (χ3n) is 2.42. The summed E-state index contributed by atoms with van der Waals surface area (Å²) in [7, 11) is 0. The van der Waals surface area contributed by atoms with E-state index < -0.39 is 12.0 Å². The molecule has 1 heterocycles. The highest BCUT2D eigenvalue weighted by Gasteiger charge is 2.27. The van der Waals surface area contributed by atoms with Crippen LogP contribution in [0.25, 0.3) is 0 Å². The maximum Gasteiger partial charge on any atom is 0.321 e. The predicted octanol–water partition coefficient (Wildman–Crippen LogP) is 1.72. The van der Waals surface area contributed by atoms with E-state index in [1.165, 1.54) is 0 Å². The number of aliphatic carboxylic acids is 1. The average molecular weight is 241 g/mol. The molecule has 1 fully saturated rings. The number of thioether (sulfide) groups is 1. The summed E-state index contributed by atoms with van der Waals surface area (Å²) in [5.41, 5.74) is 0. The maximum atomic E-state index is 11.0. The fourth-order valence-corrected chi connectivity index (χ4v) is 2.36. The molecule has 1 atom stereocenters. The zero-order valence-corrected chi connectivity index (χ0v) is 9.70. The van der Waals surface area contributed by atoms with Crippen molar-refractivity contribution in [1.29, 1.82) is 0 Å². The summed E-state index contributed by atoms with van der Waals surface area (Å²) in [5, 5.41) is 12.1. The number of rotatable bonds is 7. The predicted molar refractivity (Wildman–Crippen MR) is 62.5 cm³/mol. The number of furan rings is 1. The van der Waals surface area contributed by atoms with Crippen LogP contribution in [0.3, 0.4) is 0 Å². The molecule has 1 saturated carbocycles. The van der Waals surface area contributed by atoms with Crippen LogP contribution in [0.2, 0.25) is 0 Å². The lowest BCUT2D eigenvalue weighted by atomic mass is 10.3. The lowest BCUT2D eigenvalue weighted by molar-refractivity contribution is -0.138. The van der Waals surface area contributed by atoms with Crippen molar-refractivity contribution < 1.29 is 14.3 Å². The Kier molecular flexibility index (Phi) is 3.90. The second-order valence-corrected chi connectivity index (χ2v) is 4.96. The molecule has 1 aliphatic rings. The summed E-state index contributed by atoms with van der Waals surface area (Å²) < 4.78 is 5.18. The van der Waals surface area contributed by atoms with E-state index in [1.54, 1.807) is 18.0 Å². The van der Waals surface area contributed by atoms with Gasteiger partial charge in [-0.1, -0.05) is 0 Å². The molecule has 0 radical (unpaired) electrons. The number of carboxylic acid groups (broad SMARTS) is 1. The normalized spacial score (nSPS) is 17.2. The van der Waals surface area contributed by atoms with Crippen LogP contribution in [0.4, 0.5) is 0 Å². The monoisotopic (exact) mass is 241 g/mol. The van der Waals surface area contributed by atoms with Crippen LogP contribution in [0.15, 0.2) is 22.8 Å². The van der Waals surface area contributed by atoms with Gasteiger partial charge in [-0.2, -0.15) is 11.8 Å². The lowest BCUT2D eigenvalue weighted by Gasteiger charge is -2.12. The number of hydrogen-bond donors (Lipinski definition) is 2. The van der Waals surface area contributed by atoms with Crippen LogP contribution >= 0.6 is 11.8 Å². The standard InChI is InChI=1S/C11H15NO3S/c13-11(14)10(12-8-3-4-8)7-16-6-9-2-1-5-15-9/h1-2,5,8,10,12H,3-4,6-7H2,(H,13,14). The highest BCUT2D eigenvalue weighted by Crippen LogP contribution is 2.21. The molecule has 1 aromatic rings. The summed E-state index contributed by atoms with van der Waals surface area (Å²) >= 11 is 1.58. The van der Waals surface area contributed by atoms with Gasteiger partial charge in [-0.15, -0.1) is 0 Å². The molecule has 0 aromatic carbocycles. The summed E-state index contributed by atoms with van der Waals surface area (Å²) in [6.07, 6.45) is 3.84. The van der Waals surface area contributed by atoms with Gasteiger partial charge in [0.1, 0.15) is 11.8 Å². The Morgan fingerprint density at radius 1 is 1.69 bits per heavy atom. The van der Waals surface area contributed by atoms with Crippen LogP contribution in [0.1, 0.15) is 18.6 Å². The zero-order valence-electron chi connectivity index (χ0n) is 8.89. The molecule has 2 rings (SSSR count). The fraction of sp³-hybridized carbons (Fsp3) is 0.545. The molecule has 0 saturated heterocycles. The first-order valence-electron chi connectivity index (χ1n) is 5.34. The quantitative estimate of drug-likeness (QED) is 0.761. The molecule has 0 amide bonds. The molecule has 5 heteroatoms. The Labute approximate surface area is 98.4 Å². The fourth-order valence-electron chi connectivity index (χ4n) is 1.40. The van der Waals surface area contributed by atoms with Gasteiger partial charge in [0.25, 0.3) is 0 Å². The molecular weight excluding hydrogens is 226 g/mol. The molecule has 1 aliphatic carbocycles. The van der Waals surface area contributed by atoms with Crippen LogP contribution in [-0.4, -0.2) is 28.9 Å². The SMILES string of the molecule is O=C(O)C(CSCc1ccco1)NC1CC1. The van der Waals surface area contributed by atoms with Crippen molar-refractivity contribution in [3.05, 3.63) is 24.2 Å². The van der Waals surface area contributed by atoms with Gasteiger partial charge in [0.2, 0.25) is 0 Å². The van der Waals surface area contributed by atoms with Gasteiger partial charge in [0.15, 0.2) is 0 Å². The van der Waals surface area contributed by atoms with Crippen LogP contribution in [-0.2, 0) is 10.5 Å². The van der Waals surface area contributed by atoms with Crippen molar-refractivity contribution in [3.8, 4) is 0 Å². The second-order valence-electron chi connectivity index (χ2n) is 3.93. The summed E-state index contributed by atoms with van der Waals surface area (Å²) in [4.78, 5) is 11.0. The van der Waals surface area contributed by atoms with Crippen molar-refractivity contribution in [1.82, 2.24) is 5.32 Å². The third kappa shape index (κ3) is 3.57. The minimum atomic E-state index is -0.765. The van der Waals surface area contributed by atoms with Crippen molar-refractivity contribution in [2.45, 2.75) is 30.7 Å². The maximum absolute atomic E-state index is 11.0. The topological polar surface area (TPSA) is 62.5 Å². The number of carboxylic acids is 1. The number of hydrogen-bond acceptors (Lipinski definition) is 4. The number of carbonyl (C=O) groups is 1. The smallest absolute Gasteiger partial charge is 0.321 e. The van der Waals surface area contributed by atoms with Crippen LogP contribution in [0.5, 0.6) is 0 Å². The zero-order chi connectivity index (χ0) is 11.4. The Hall–Kier alpha value is -0.940. The molecule has 0 aliphatic heterocycles. The van der Waals surface area contributed by atoms with Gasteiger partial charge < -0.3 is 14.8 Å². The molecule has 2 N–H and O–H groups in total. The van der Waals surface area contributed by atoms with Gasteiger partial charge >= 0.3 is 5.97 Å². The summed E-state index contributed by atoms with van der Waals surface area (Å²) in [6, 6.07) is 3.72. The summed E-state index contributed by atoms with van der Waals surface area (Å²) in [6.45, 7) is 0. The van der Waals surface area contributed by atoms with Crippen molar-refractivity contribution in [2.24, 2.45) is 0 Å². The van der Waals surface area contributed by atoms with Gasteiger partial charge in [-0.05, 0) is 25.0 Å². The van der Waals surface area contributed by atoms with E-state index in [-0.39, 0.29) is 0 Å². The Morgan fingerprint density at radius 3 is 3.06 bits per heavy atom. The molecule has 1 unspecified atom stereocenters. The Morgan fingerprint density at radius 2 is 2.50 bits per heavy atom. The minimum Gasteiger partial charge on any atom is -0.480 e.